The topological polar surface area (TPSA) is 15.3 Å². The summed E-state index contributed by atoms with van der Waals surface area (Å²) < 4.78 is 0. The Kier molecular flexibility index (Phi) is 2.44. The first-order valence-corrected chi connectivity index (χ1v) is 4.91. The van der Waals surface area contributed by atoms with Crippen molar-refractivity contribution in [2.45, 2.75) is 31.7 Å². The number of piperidine rings is 1. The molecule has 0 bridgehead atoms. The van der Waals surface area contributed by atoms with Gasteiger partial charge in [-0.25, -0.2) is 0 Å². The lowest BCUT2D eigenvalue weighted by atomic mass is 10.0. The molecule has 0 aromatic carbocycles. The second kappa shape index (κ2) is 3.55. The van der Waals surface area contributed by atoms with Crippen LogP contribution in [0.4, 0.5) is 0 Å². The summed E-state index contributed by atoms with van der Waals surface area (Å²) >= 11 is 0. The molecule has 0 spiro atoms. The van der Waals surface area contributed by atoms with Crippen molar-refractivity contribution < 1.29 is 0 Å². The number of rotatable bonds is 0. The minimum Gasteiger partial charge on any atom is -0.315 e. The molecule has 0 aromatic rings. The Hall–Kier alpha value is -0.0800. The maximum absolute atomic E-state index is 3.46. The van der Waals surface area contributed by atoms with E-state index in [2.05, 4.69) is 10.2 Å². The molecule has 2 rings (SSSR count). The fourth-order valence-electron chi connectivity index (χ4n) is 2.30. The third kappa shape index (κ3) is 1.74. The van der Waals surface area contributed by atoms with E-state index in [4.69, 9.17) is 0 Å². The Labute approximate surface area is 69.0 Å². The molecule has 1 N–H and O–H groups in total. The number of nitrogens with zero attached hydrogens (tertiary/aromatic N) is 1. The molecule has 2 heteroatoms. The maximum atomic E-state index is 3.46. The average Bonchev–Trinajstić information content (AvgIpc) is 2.28. The molecule has 2 saturated heterocycles. The Morgan fingerprint density at radius 1 is 1.00 bits per heavy atom. The van der Waals surface area contributed by atoms with Crippen LogP contribution >= 0.6 is 0 Å². The molecule has 1 unspecified atom stereocenters. The van der Waals surface area contributed by atoms with Gasteiger partial charge < -0.3 is 5.32 Å². The van der Waals surface area contributed by atoms with Crippen molar-refractivity contribution in [3.63, 3.8) is 0 Å². The molecular formula is C9H18N2. The van der Waals surface area contributed by atoms with Gasteiger partial charge in [-0.05, 0) is 32.4 Å². The summed E-state index contributed by atoms with van der Waals surface area (Å²) in [5.74, 6) is 0. The van der Waals surface area contributed by atoms with Gasteiger partial charge in [-0.1, -0.05) is 6.42 Å². The molecule has 11 heavy (non-hydrogen) atoms. The van der Waals surface area contributed by atoms with Crippen molar-refractivity contribution in [3.05, 3.63) is 0 Å². The predicted octanol–water partition coefficient (Wildman–Crippen LogP) is 0.834. The van der Waals surface area contributed by atoms with Crippen LogP contribution in [0.2, 0.25) is 0 Å². The maximum Gasteiger partial charge on any atom is 0.0110 e. The van der Waals surface area contributed by atoms with Crippen LogP contribution in [0.25, 0.3) is 0 Å². The largest absolute Gasteiger partial charge is 0.315 e. The minimum absolute atomic E-state index is 0.916. The summed E-state index contributed by atoms with van der Waals surface area (Å²) in [7, 11) is 0. The second-order valence-electron chi connectivity index (χ2n) is 3.72. The quantitative estimate of drug-likeness (QED) is 0.556. The van der Waals surface area contributed by atoms with Crippen LogP contribution in [0.1, 0.15) is 25.7 Å². The van der Waals surface area contributed by atoms with Crippen molar-refractivity contribution in [1.29, 1.82) is 0 Å². The minimum atomic E-state index is 0.916. The number of nitrogens with one attached hydrogen (secondary N) is 1. The molecule has 64 valence electrons. The summed E-state index contributed by atoms with van der Waals surface area (Å²) in [4.78, 5) is 2.67. The molecule has 0 radical (unpaired) electrons. The van der Waals surface area contributed by atoms with Crippen LogP contribution in [-0.2, 0) is 0 Å². The van der Waals surface area contributed by atoms with Gasteiger partial charge in [0, 0.05) is 19.1 Å². The predicted molar refractivity (Wildman–Crippen MR) is 46.7 cm³/mol. The lowest BCUT2D eigenvalue weighted by Gasteiger charge is -2.33. The molecular weight excluding hydrogens is 136 g/mol. The van der Waals surface area contributed by atoms with E-state index in [9.17, 15) is 0 Å². The van der Waals surface area contributed by atoms with Gasteiger partial charge in [-0.15, -0.1) is 0 Å². The molecule has 2 nitrogen and oxygen atoms in total. The molecule has 0 saturated carbocycles. The fraction of sp³-hybridized carbons (Fsp3) is 1.00. The van der Waals surface area contributed by atoms with Crippen molar-refractivity contribution >= 4 is 0 Å². The van der Waals surface area contributed by atoms with Crippen LogP contribution in [0.15, 0.2) is 0 Å². The van der Waals surface area contributed by atoms with Crippen LogP contribution in [-0.4, -0.2) is 37.1 Å². The summed E-state index contributed by atoms with van der Waals surface area (Å²) in [5, 5.41) is 3.46. The lowest BCUT2D eigenvalue weighted by Crippen LogP contribution is -2.39. The number of hydrogen-bond acceptors (Lipinski definition) is 2. The number of hydrogen-bond donors (Lipinski definition) is 1. The van der Waals surface area contributed by atoms with Gasteiger partial charge in [0.25, 0.3) is 0 Å². The molecule has 2 fully saturated rings. The zero-order valence-corrected chi connectivity index (χ0v) is 7.18. The van der Waals surface area contributed by atoms with E-state index in [1.54, 1.807) is 0 Å². The summed E-state index contributed by atoms with van der Waals surface area (Å²) in [6.45, 7) is 5.08. The molecule has 0 aliphatic carbocycles. The zero-order chi connectivity index (χ0) is 7.52. The Morgan fingerprint density at radius 2 is 2.00 bits per heavy atom. The van der Waals surface area contributed by atoms with Crippen molar-refractivity contribution in [2.75, 3.05) is 26.2 Å². The third-order valence-electron chi connectivity index (χ3n) is 2.98. The summed E-state index contributed by atoms with van der Waals surface area (Å²) in [5.41, 5.74) is 0. The highest BCUT2D eigenvalue weighted by molar-refractivity contribution is 4.80. The monoisotopic (exact) mass is 154 g/mol. The molecule has 0 aromatic heterocycles. The van der Waals surface area contributed by atoms with E-state index in [0.717, 1.165) is 6.04 Å². The normalized spacial score (nSPS) is 34.4. The van der Waals surface area contributed by atoms with E-state index >= 15 is 0 Å². The van der Waals surface area contributed by atoms with E-state index in [1.807, 2.05) is 0 Å². The average molecular weight is 154 g/mol. The Balaban J connectivity index is 1.93. The Bertz CT molecular complexity index is 111. The standard InChI is InChI=1S/C9H18N2/c1-2-7-11-8-6-10-5-4-9(11)3-1/h9-10H,1-8H2. The second-order valence-corrected chi connectivity index (χ2v) is 3.72. The van der Waals surface area contributed by atoms with Gasteiger partial charge in [0.2, 0.25) is 0 Å². The molecule has 2 aliphatic rings. The first-order chi connectivity index (χ1) is 5.47. The van der Waals surface area contributed by atoms with E-state index in [0.29, 0.717) is 0 Å². The summed E-state index contributed by atoms with van der Waals surface area (Å²) in [6.07, 6.45) is 5.71. The molecule has 1 atom stereocenters. The van der Waals surface area contributed by atoms with Crippen LogP contribution in [0, 0.1) is 0 Å². The van der Waals surface area contributed by atoms with Gasteiger partial charge in [0.1, 0.15) is 0 Å². The SMILES string of the molecule is C1CCN2CCNCCC2C1. The smallest absolute Gasteiger partial charge is 0.0110 e. The highest BCUT2D eigenvalue weighted by Crippen LogP contribution is 2.19. The summed E-state index contributed by atoms with van der Waals surface area (Å²) in [6, 6.07) is 0.916. The van der Waals surface area contributed by atoms with Gasteiger partial charge in [0.05, 0.1) is 0 Å². The molecule has 2 heterocycles. The van der Waals surface area contributed by atoms with Crippen molar-refractivity contribution in [1.82, 2.24) is 10.2 Å². The van der Waals surface area contributed by atoms with Gasteiger partial charge in [-0.2, -0.15) is 0 Å². The highest BCUT2D eigenvalue weighted by Gasteiger charge is 2.22. The molecule has 2 aliphatic heterocycles. The van der Waals surface area contributed by atoms with E-state index in [1.165, 1.54) is 51.9 Å². The number of fused-ring (bicyclic) bond motifs is 1. The van der Waals surface area contributed by atoms with E-state index in [-0.39, 0.29) is 0 Å². The first kappa shape index (κ1) is 7.56. The third-order valence-corrected chi connectivity index (χ3v) is 2.98. The van der Waals surface area contributed by atoms with Gasteiger partial charge >= 0.3 is 0 Å². The lowest BCUT2D eigenvalue weighted by molar-refractivity contribution is 0.157. The Morgan fingerprint density at radius 3 is 3.00 bits per heavy atom. The van der Waals surface area contributed by atoms with Gasteiger partial charge in [-0.3, -0.25) is 4.90 Å². The van der Waals surface area contributed by atoms with Crippen molar-refractivity contribution in [3.8, 4) is 0 Å². The van der Waals surface area contributed by atoms with E-state index < -0.39 is 0 Å². The van der Waals surface area contributed by atoms with Crippen molar-refractivity contribution in [2.24, 2.45) is 0 Å². The highest BCUT2D eigenvalue weighted by atomic mass is 15.2. The van der Waals surface area contributed by atoms with Gasteiger partial charge in [0.15, 0.2) is 0 Å². The van der Waals surface area contributed by atoms with Crippen LogP contribution in [0.5, 0.6) is 0 Å². The first-order valence-electron chi connectivity index (χ1n) is 4.91. The molecule has 0 amide bonds. The fourth-order valence-corrected chi connectivity index (χ4v) is 2.30. The van der Waals surface area contributed by atoms with Crippen LogP contribution < -0.4 is 5.32 Å². The van der Waals surface area contributed by atoms with Crippen LogP contribution in [0.3, 0.4) is 0 Å². The zero-order valence-electron chi connectivity index (χ0n) is 7.18.